The molecule has 1 heterocycles. The fraction of sp³-hybridized carbons (Fsp3) is 0.500. The van der Waals surface area contributed by atoms with Gasteiger partial charge >= 0.3 is 0 Å². The molecule has 2 nitrogen and oxygen atoms in total. The molecule has 0 aliphatic carbocycles. The predicted molar refractivity (Wildman–Crippen MR) is 51.0 cm³/mol. The molecule has 1 aromatic heterocycles. The predicted octanol–water partition coefficient (Wildman–Crippen LogP) is 1.71. The van der Waals surface area contributed by atoms with Gasteiger partial charge in [0.2, 0.25) is 0 Å². The molecule has 0 fully saturated rings. The van der Waals surface area contributed by atoms with E-state index in [2.05, 4.69) is 43.0 Å². The molecule has 0 aromatic carbocycles. The summed E-state index contributed by atoms with van der Waals surface area (Å²) < 4.78 is 0. The van der Waals surface area contributed by atoms with E-state index in [1.165, 1.54) is 11.3 Å². The third-order valence-electron chi connectivity index (χ3n) is 1.74. The minimum Gasteiger partial charge on any atom is -0.305 e. The van der Waals surface area contributed by atoms with E-state index in [1.807, 2.05) is 6.20 Å². The van der Waals surface area contributed by atoms with Gasteiger partial charge in [0.05, 0.1) is 0 Å². The molecule has 0 saturated carbocycles. The molecular weight excluding hydrogens is 148 g/mol. The molecule has 1 rings (SSSR count). The fourth-order valence-corrected chi connectivity index (χ4v) is 1.18. The number of hydrogen-bond donors (Lipinski definition) is 0. The summed E-state index contributed by atoms with van der Waals surface area (Å²) in [5.41, 5.74) is 2.52. The van der Waals surface area contributed by atoms with E-state index in [0.29, 0.717) is 0 Å². The molecule has 0 aliphatic heterocycles. The molecule has 0 radical (unpaired) electrons. The zero-order valence-electron chi connectivity index (χ0n) is 8.04. The normalized spacial score (nSPS) is 10.7. The summed E-state index contributed by atoms with van der Waals surface area (Å²) in [4.78, 5) is 6.41. The maximum Gasteiger partial charge on any atom is 0.0404 e. The Hall–Kier alpha value is -0.890. The van der Waals surface area contributed by atoms with Gasteiger partial charge in [-0.2, -0.15) is 0 Å². The van der Waals surface area contributed by atoms with E-state index in [0.717, 1.165) is 13.0 Å². The highest BCUT2D eigenvalue weighted by Crippen LogP contribution is 2.03. The second-order valence-corrected chi connectivity index (χ2v) is 3.25. The van der Waals surface area contributed by atoms with Gasteiger partial charge in [-0.3, -0.25) is 4.98 Å². The average Bonchev–Trinajstić information content (AvgIpc) is 2.03. The summed E-state index contributed by atoms with van der Waals surface area (Å²) in [7, 11) is 4.15. The van der Waals surface area contributed by atoms with E-state index < -0.39 is 0 Å². The second-order valence-electron chi connectivity index (χ2n) is 3.25. The molecular formula is C10H16N2. The topological polar surface area (TPSA) is 16.1 Å². The summed E-state index contributed by atoms with van der Waals surface area (Å²) in [5, 5.41) is 0. The molecule has 2 heteroatoms. The Bertz CT molecular complexity index is 243. The maximum atomic E-state index is 4.25. The molecule has 1 aromatic rings. The summed E-state index contributed by atoms with van der Waals surface area (Å²) in [6.45, 7) is 3.12. The smallest absolute Gasteiger partial charge is 0.0404 e. The van der Waals surface area contributed by atoms with Gasteiger partial charge in [0.25, 0.3) is 0 Å². The number of aromatic nitrogens is 1. The van der Waals surface area contributed by atoms with Crippen molar-refractivity contribution in [2.45, 2.75) is 19.9 Å². The first-order valence-corrected chi connectivity index (χ1v) is 4.31. The van der Waals surface area contributed by atoms with Crippen LogP contribution >= 0.6 is 0 Å². The lowest BCUT2D eigenvalue weighted by molar-refractivity contribution is 0.402. The quantitative estimate of drug-likeness (QED) is 0.676. The first-order chi connectivity index (χ1) is 5.72. The average molecular weight is 164 g/mol. The lowest BCUT2D eigenvalue weighted by atomic mass is 10.2. The van der Waals surface area contributed by atoms with E-state index in [9.17, 15) is 0 Å². The third-order valence-corrected chi connectivity index (χ3v) is 1.74. The molecule has 0 saturated heterocycles. The summed E-state index contributed by atoms with van der Waals surface area (Å²) >= 11 is 0. The van der Waals surface area contributed by atoms with Crippen LogP contribution < -0.4 is 0 Å². The standard InChI is InChI=1S/C10H16N2/c1-4-10-7-9(5-6-11-10)8-12(2)3/h5-7H,4,8H2,1-3H3. The van der Waals surface area contributed by atoms with Gasteiger partial charge in [0, 0.05) is 18.4 Å². The van der Waals surface area contributed by atoms with Gasteiger partial charge in [-0.25, -0.2) is 0 Å². The molecule has 0 bridgehead atoms. The largest absolute Gasteiger partial charge is 0.305 e. The first-order valence-electron chi connectivity index (χ1n) is 4.31. The Morgan fingerprint density at radius 1 is 1.42 bits per heavy atom. The van der Waals surface area contributed by atoms with Crippen LogP contribution in [-0.2, 0) is 13.0 Å². The zero-order valence-corrected chi connectivity index (χ0v) is 8.04. The first kappa shape index (κ1) is 9.20. The number of nitrogens with zero attached hydrogens (tertiary/aromatic N) is 2. The Morgan fingerprint density at radius 3 is 2.75 bits per heavy atom. The number of rotatable bonds is 3. The second kappa shape index (κ2) is 4.21. The molecule has 0 amide bonds. The summed E-state index contributed by atoms with van der Waals surface area (Å²) in [5.74, 6) is 0. The van der Waals surface area contributed by atoms with Crippen molar-refractivity contribution in [1.82, 2.24) is 9.88 Å². The fourth-order valence-electron chi connectivity index (χ4n) is 1.18. The van der Waals surface area contributed by atoms with Gasteiger partial charge in [-0.15, -0.1) is 0 Å². The van der Waals surface area contributed by atoms with Crippen molar-refractivity contribution in [1.29, 1.82) is 0 Å². The van der Waals surface area contributed by atoms with Crippen molar-refractivity contribution in [3.05, 3.63) is 29.6 Å². The molecule has 12 heavy (non-hydrogen) atoms. The van der Waals surface area contributed by atoms with Crippen molar-refractivity contribution in [3.8, 4) is 0 Å². The van der Waals surface area contributed by atoms with Gasteiger partial charge in [-0.05, 0) is 38.2 Å². The summed E-state index contributed by atoms with van der Waals surface area (Å²) in [6, 6.07) is 4.24. The number of hydrogen-bond acceptors (Lipinski definition) is 2. The lowest BCUT2D eigenvalue weighted by Crippen LogP contribution is -2.10. The zero-order chi connectivity index (χ0) is 8.97. The Labute approximate surface area is 74.2 Å². The van der Waals surface area contributed by atoms with Crippen LogP contribution in [0, 0.1) is 0 Å². The van der Waals surface area contributed by atoms with Gasteiger partial charge in [0.15, 0.2) is 0 Å². The van der Waals surface area contributed by atoms with Gasteiger partial charge < -0.3 is 4.90 Å². The van der Waals surface area contributed by atoms with Crippen LogP contribution in [0.15, 0.2) is 18.3 Å². The molecule has 66 valence electrons. The summed E-state index contributed by atoms with van der Waals surface area (Å²) in [6.07, 6.45) is 2.90. The van der Waals surface area contributed by atoms with Crippen LogP contribution in [-0.4, -0.2) is 24.0 Å². The Morgan fingerprint density at radius 2 is 2.17 bits per heavy atom. The van der Waals surface area contributed by atoms with E-state index in [4.69, 9.17) is 0 Å². The molecule has 0 unspecified atom stereocenters. The van der Waals surface area contributed by atoms with Crippen LogP contribution in [0.5, 0.6) is 0 Å². The van der Waals surface area contributed by atoms with Crippen LogP contribution in [0.1, 0.15) is 18.2 Å². The monoisotopic (exact) mass is 164 g/mol. The van der Waals surface area contributed by atoms with E-state index in [1.54, 1.807) is 0 Å². The van der Waals surface area contributed by atoms with Crippen LogP contribution in [0.4, 0.5) is 0 Å². The maximum absolute atomic E-state index is 4.25. The van der Waals surface area contributed by atoms with Crippen LogP contribution in [0.3, 0.4) is 0 Å². The van der Waals surface area contributed by atoms with E-state index >= 15 is 0 Å². The SMILES string of the molecule is CCc1cc(CN(C)C)ccn1. The number of pyridine rings is 1. The highest BCUT2D eigenvalue weighted by Gasteiger charge is 1.96. The number of aryl methyl sites for hydroxylation is 1. The third kappa shape index (κ3) is 2.62. The molecule has 0 N–H and O–H groups in total. The van der Waals surface area contributed by atoms with Crippen LogP contribution in [0.2, 0.25) is 0 Å². The molecule has 0 aliphatic rings. The van der Waals surface area contributed by atoms with Crippen molar-refractivity contribution in [2.75, 3.05) is 14.1 Å². The highest BCUT2D eigenvalue weighted by molar-refractivity contribution is 5.15. The highest BCUT2D eigenvalue weighted by atomic mass is 15.0. The Kier molecular flexibility index (Phi) is 3.23. The minimum atomic E-state index is 0.996. The Balaban J connectivity index is 2.72. The van der Waals surface area contributed by atoms with Crippen molar-refractivity contribution < 1.29 is 0 Å². The van der Waals surface area contributed by atoms with Crippen LogP contribution in [0.25, 0.3) is 0 Å². The lowest BCUT2D eigenvalue weighted by Gasteiger charge is -2.09. The van der Waals surface area contributed by atoms with Crippen molar-refractivity contribution >= 4 is 0 Å². The van der Waals surface area contributed by atoms with Gasteiger partial charge in [-0.1, -0.05) is 6.92 Å². The van der Waals surface area contributed by atoms with Crippen molar-refractivity contribution in [2.24, 2.45) is 0 Å². The molecule has 0 spiro atoms. The minimum absolute atomic E-state index is 0.996. The van der Waals surface area contributed by atoms with Gasteiger partial charge in [0.1, 0.15) is 0 Å². The van der Waals surface area contributed by atoms with Crippen molar-refractivity contribution in [3.63, 3.8) is 0 Å². The van der Waals surface area contributed by atoms with E-state index in [-0.39, 0.29) is 0 Å². The molecule has 0 atom stereocenters.